The topological polar surface area (TPSA) is 34.8 Å². The summed E-state index contributed by atoms with van der Waals surface area (Å²) in [6, 6.07) is 40.7. The molecule has 176 valence electrons. The molecule has 4 aromatic carbocycles. The number of nitrogens with one attached hydrogen (secondary N) is 1. The van der Waals surface area contributed by atoms with Gasteiger partial charge in [0.25, 0.3) is 0 Å². The number of fused-ring (bicyclic) bond motifs is 6. The van der Waals surface area contributed by atoms with Gasteiger partial charge in [0.15, 0.2) is 5.65 Å². The molecular formula is C33H24N4. The summed E-state index contributed by atoms with van der Waals surface area (Å²) in [7, 11) is 0. The van der Waals surface area contributed by atoms with E-state index in [2.05, 4.69) is 136 Å². The molecule has 0 bridgehead atoms. The van der Waals surface area contributed by atoms with E-state index in [0.717, 1.165) is 40.3 Å². The maximum absolute atomic E-state index is 5.38. The van der Waals surface area contributed by atoms with Gasteiger partial charge in [-0.3, -0.25) is 9.13 Å². The summed E-state index contributed by atoms with van der Waals surface area (Å²) >= 11 is 0. The fourth-order valence-electron chi connectivity index (χ4n) is 6.04. The normalized spacial score (nSPS) is 15.6. The highest BCUT2D eigenvalue weighted by Gasteiger charge is 2.32. The second-order valence-electron chi connectivity index (χ2n) is 9.67. The minimum Gasteiger partial charge on any atom is -0.377 e. The molecule has 3 heterocycles. The lowest BCUT2D eigenvalue weighted by Crippen LogP contribution is -2.39. The number of anilines is 1. The maximum Gasteiger partial charge on any atom is 0.165 e. The zero-order chi connectivity index (χ0) is 24.3. The Balaban J connectivity index is 1.60. The molecule has 1 N–H and O–H groups in total. The second kappa shape index (κ2) is 7.84. The van der Waals surface area contributed by atoms with Crippen molar-refractivity contribution in [2.75, 3.05) is 5.32 Å². The summed E-state index contributed by atoms with van der Waals surface area (Å²) in [6.07, 6.45) is 3.34. The van der Waals surface area contributed by atoms with E-state index >= 15 is 0 Å². The Morgan fingerprint density at radius 3 is 2.03 bits per heavy atom. The van der Waals surface area contributed by atoms with Gasteiger partial charge < -0.3 is 5.32 Å². The molecule has 0 saturated heterocycles. The quantitative estimate of drug-likeness (QED) is 0.358. The van der Waals surface area contributed by atoms with E-state index in [4.69, 9.17) is 4.98 Å². The number of hydrogen-bond acceptors (Lipinski definition) is 2. The van der Waals surface area contributed by atoms with Crippen molar-refractivity contribution < 1.29 is 0 Å². The third-order valence-corrected chi connectivity index (χ3v) is 7.57. The van der Waals surface area contributed by atoms with Gasteiger partial charge in [-0.05, 0) is 36.8 Å². The molecule has 1 atom stereocenters. The Morgan fingerprint density at radius 1 is 0.676 bits per heavy atom. The minimum absolute atomic E-state index is 0.255. The lowest BCUT2D eigenvalue weighted by molar-refractivity contribution is 0.919. The van der Waals surface area contributed by atoms with Crippen LogP contribution in [0.15, 0.2) is 115 Å². The first-order valence-corrected chi connectivity index (χ1v) is 12.8. The number of imidazole rings is 1. The molecule has 0 radical (unpaired) electrons. The van der Waals surface area contributed by atoms with Crippen molar-refractivity contribution >= 4 is 28.5 Å². The monoisotopic (exact) mass is 476 g/mol. The van der Waals surface area contributed by atoms with Gasteiger partial charge in [0.2, 0.25) is 0 Å². The number of benzene rings is 4. The van der Waals surface area contributed by atoms with Gasteiger partial charge in [0, 0.05) is 39.0 Å². The highest BCUT2D eigenvalue weighted by Crippen LogP contribution is 2.37. The SMILES string of the molecule is C1=c2c(n(-c3ccccc3)c3nc(-c4ccccc4)n(-c4ccccc4)c23)=C2c3ccccc3NC2C1. The Labute approximate surface area is 214 Å². The van der Waals surface area contributed by atoms with Crippen LogP contribution in [0.1, 0.15) is 12.0 Å². The molecule has 1 unspecified atom stereocenters. The Hall–Kier alpha value is -4.83. The zero-order valence-electron chi connectivity index (χ0n) is 20.2. The molecule has 0 fully saturated rings. The summed E-state index contributed by atoms with van der Waals surface area (Å²) in [4.78, 5) is 5.38. The Bertz CT molecular complexity index is 1910. The van der Waals surface area contributed by atoms with Crippen molar-refractivity contribution in [3.8, 4) is 22.8 Å². The molecule has 6 aromatic rings. The fourth-order valence-corrected chi connectivity index (χ4v) is 6.04. The minimum atomic E-state index is 0.255. The number of aromatic nitrogens is 3. The van der Waals surface area contributed by atoms with Crippen molar-refractivity contribution in [3.63, 3.8) is 0 Å². The van der Waals surface area contributed by atoms with Crippen molar-refractivity contribution in [1.29, 1.82) is 0 Å². The fraction of sp³-hybridized carbons (Fsp3) is 0.0606. The first-order chi connectivity index (χ1) is 18.4. The van der Waals surface area contributed by atoms with Crippen molar-refractivity contribution in [1.82, 2.24) is 14.1 Å². The van der Waals surface area contributed by atoms with E-state index in [1.54, 1.807) is 0 Å². The lowest BCUT2D eigenvalue weighted by Gasteiger charge is -2.17. The summed E-state index contributed by atoms with van der Waals surface area (Å²) in [5.74, 6) is 0.953. The number of rotatable bonds is 3. The Kier molecular flexibility index (Phi) is 4.31. The van der Waals surface area contributed by atoms with E-state index in [0.29, 0.717) is 0 Å². The van der Waals surface area contributed by atoms with Crippen LogP contribution < -0.4 is 15.9 Å². The van der Waals surface area contributed by atoms with E-state index in [9.17, 15) is 0 Å². The molecule has 1 aliphatic carbocycles. The largest absolute Gasteiger partial charge is 0.377 e. The van der Waals surface area contributed by atoms with E-state index in [1.165, 1.54) is 27.4 Å². The van der Waals surface area contributed by atoms with Crippen LogP contribution in [0, 0.1) is 0 Å². The van der Waals surface area contributed by atoms with Gasteiger partial charge in [0.05, 0.1) is 11.4 Å². The molecule has 0 saturated carbocycles. The van der Waals surface area contributed by atoms with Crippen molar-refractivity contribution in [2.24, 2.45) is 0 Å². The summed E-state index contributed by atoms with van der Waals surface area (Å²) < 4.78 is 4.72. The number of para-hydroxylation sites is 3. The van der Waals surface area contributed by atoms with Gasteiger partial charge in [-0.2, -0.15) is 0 Å². The van der Waals surface area contributed by atoms with Gasteiger partial charge in [-0.1, -0.05) is 91.0 Å². The van der Waals surface area contributed by atoms with Crippen LogP contribution in [0.4, 0.5) is 5.69 Å². The molecule has 4 heteroatoms. The summed E-state index contributed by atoms with van der Waals surface area (Å²) in [5.41, 5.74) is 9.32. The van der Waals surface area contributed by atoms with E-state index in [1.807, 2.05) is 0 Å². The third-order valence-electron chi connectivity index (χ3n) is 7.57. The van der Waals surface area contributed by atoms with Gasteiger partial charge in [-0.25, -0.2) is 4.98 Å². The molecule has 1 aliphatic heterocycles. The molecule has 4 nitrogen and oxygen atoms in total. The molecule has 8 rings (SSSR count). The second-order valence-corrected chi connectivity index (χ2v) is 9.67. The predicted octanol–water partition coefficient (Wildman–Crippen LogP) is 5.66. The van der Waals surface area contributed by atoms with Crippen LogP contribution in [0.3, 0.4) is 0 Å². The van der Waals surface area contributed by atoms with Crippen LogP contribution >= 0.6 is 0 Å². The van der Waals surface area contributed by atoms with Crippen LogP contribution in [-0.2, 0) is 0 Å². The van der Waals surface area contributed by atoms with Gasteiger partial charge in [0.1, 0.15) is 11.3 Å². The lowest BCUT2D eigenvalue weighted by atomic mass is 9.95. The maximum atomic E-state index is 5.38. The highest BCUT2D eigenvalue weighted by molar-refractivity contribution is 5.92. The standard InChI is InChI=1S/C33H24N4/c1-4-12-22(13-5-1)32-35-33-31(37(32)24-16-8-3-9-17-24)26-20-21-28-29(25-18-10-11-19-27(25)34-28)30(26)36(33)23-14-6-2-7-15-23/h1-20,28,34H,21H2. The molecule has 37 heavy (non-hydrogen) atoms. The van der Waals surface area contributed by atoms with Crippen LogP contribution in [0.25, 0.3) is 45.6 Å². The molecule has 0 amide bonds. The molecular weight excluding hydrogens is 452 g/mol. The van der Waals surface area contributed by atoms with E-state index < -0.39 is 0 Å². The Morgan fingerprint density at radius 2 is 1.30 bits per heavy atom. The predicted molar refractivity (Wildman–Crippen MR) is 151 cm³/mol. The molecule has 2 aromatic heterocycles. The first kappa shape index (κ1) is 20.4. The summed E-state index contributed by atoms with van der Waals surface area (Å²) in [6.45, 7) is 0. The van der Waals surface area contributed by atoms with Crippen molar-refractivity contribution in [2.45, 2.75) is 12.5 Å². The van der Waals surface area contributed by atoms with E-state index in [-0.39, 0.29) is 6.04 Å². The highest BCUT2D eigenvalue weighted by atomic mass is 15.2. The van der Waals surface area contributed by atoms with Crippen LogP contribution in [-0.4, -0.2) is 20.2 Å². The number of nitrogens with zero attached hydrogens (tertiary/aromatic N) is 3. The van der Waals surface area contributed by atoms with Crippen LogP contribution in [0.5, 0.6) is 0 Å². The number of hydrogen-bond donors (Lipinski definition) is 1. The van der Waals surface area contributed by atoms with Gasteiger partial charge >= 0.3 is 0 Å². The summed E-state index contributed by atoms with van der Waals surface area (Å²) in [5, 5.41) is 6.26. The third kappa shape index (κ3) is 2.93. The van der Waals surface area contributed by atoms with Crippen molar-refractivity contribution in [3.05, 3.63) is 131 Å². The van der Waals surface area contributed by atoms with Crippen LogP contribution in [0.2, 0.25) is 0 Å². The van der Waals surface area contributed by atoms with Gasteiger partial charge in [-0.15, -0.1) is 0 Å². The zero-order valence-corrected chi connectivity index (χ0v) is 20.2. The molecule has 0 spiro atoms. The smallest absolute Gasteiger partial charge is 0.165 e. The average Bonchev–Trinajstić information content (AvgIpc) is 3.63. The average molecular weight is 477 g/mol. The first-order valence-electron chi connectivity index (χ1n) is 12.8. The molecule has 2 aliphatic rings.